The second-order valence-electron chi connectivity index (χ2n) is 5.35. The lowest BCUT2D eigenvalue weighted by Crippen LogP contribution is -2.45. The number of aromatic nitrogens is 3. The summed E-state index contributed by atoms with van der Waals surface area (Å²) in [5.74, 6) is 0.741. The molecular formula is C16H25Cl2N5O. The zero-order valence-electron chi connectivity index (χ0n) is 13.9. The zero-order valence-corrected chi connectivity index (χ0v) is 15.6. The first-order valence-corrected chi connectivity index (χ1v) is 7.58. The molecule has 134 valence electrons. The van der Waals surface area contributed by atoms with E-state index in [9.17, 15) is 4.79 Å². The van der Waals surface area contributed by atoms with E-state index >= 15 is 0 Å². The van der Waals surface area contributed by atoms with E-state index in [4.69, 9.17) is 5.73 Å². The number of nitrogens with one attached hydrogen (secondary N) is 1. The van der Waals surface area contributed by atoms with Crippen LogP contribution in [-0.2, 0) is 11.3 Å². The van der Waals surface area contributed by atoms with Crippen LogP contribution in [0.4, 0.5) is 0 Å². The number of hydrogen-bond donors (Lipinski definition) is 2. The minimum atomic E-state index is -0.474. The van der Waals surface area contributed by atoms with E-state index in [1.54, 1.807) is 17.1 Å². The second-order valence-corrected chi connectivity index (χ2v) is 5.35. The molecular weight excluding hydrogens is 349 g/mol. The van der Waals surface area contributed by atoms with Crippen LogP contribution in [-0.4, -0.2) is 27.2 Å². The highest BCUT2D eigenvalue weighted by molar-refractivity contribution is 5.85. The van der Waals surface area contributed by atoms with Gasteiger partial charge in [-0.1, -0.05) is 13.8 Å². The number of pyridine rings is 1. The van der Waals surface area contributed by atoms with Gasteiger partial charge in [-0.3, -0.25) is 4.79 Å². The number of halogens is 2. The normalized spacial score (nSPS) is 10.5. The van der Waals surface area contributed by atoms with Crippen LogP contribution in [0.1, 0.15) is 32.3 Å². The van der Waals surface area contributed by atoms with Gasteiger partial charge in [-0.2, -0.15) is 5.10 Å². The number of amides is 1. The highest BCUT2D eigenvalue weighted by Crippen LogP contribution is 2.25. The Morgan fingerprint density at radius 2 is 2.00 bits per heavy atom. The lowest BCUT2D eigenvalue weighted by molar-refractivity contribution is -0.131. The maximum atomic E-state index is 12.4. The highest BCUT2D eigenvalue weighted by Gasteiger charge is 2.32. The average Bonchev–Trinajstić information content (AvgIpc) is 3.10. The molecule has 0 aromatic carbocycles. The smallest absolute Gasteiger partial charge is 0.227 e. The molecule has 2 aromatic heterocycles. The summed E-state index contributed by atoms with van der Waals surface area (Å²) in [4.78, 5) is 16.7. The van der Waals surface area contributed by atoms with Crippen molar-refractivity contribution in [2.75, 3.05) is 6.54 Å². The van der Waals surface area contributed by atoms with Gasteiger partial charge in [-0.05, 0) is 36.6 Å². The van der Waals surface area contributed by atoms with Crippen LogP contribution < -0.4 is 11.1 Å². The van der Waals surface area contributed by atoms with Gasteiger partial charge in [0.25, 0.3) is 0 Å². The third kappa shape index (κ3) is 4.93. The molecule has 0 fully saturated rings. The Hall–Kier alpha value is -1.63. The van der Waals surface area contributed by atoms with E-state index in [1.807, 2.05) is 38.2 Å². The molecule has 1 amide bonds. The van der Waals surface area contributed by atoms with Crippen molar-refractivity contribution in [3.63, 3.8) is 0 Å². The van der Waals surface area contributed by atoms with Crippen LogP contribution in [0.25, 0.3) is 5.82 Å². The van der Waals surface area contributed by atoms with Crippen molar-refractivity contribution in [2.45, 2.75) is 33.2 Å². The fourth-order valence-corrected chi connectivity index (χ4v) is 2.42. The maximum absolute atomic E-state index is 12.4. The van der Waals surface area contributed by atoms with Gasteiger partial charge in [0.15, 0.2) is 5.82 Å². The summed E-state index contributed by atoms with van der Waals surface area (Å²) in [6.07, 6.45) is 6.72. The molecule has 0 saturated carbocycles. The predicted octanol–water partition coefficient (Wildman–Crippen LogP) is 2.49. The summed E-state index contributed by atoms with van der Waals surface area (Å²) in [7, 11) is 0. The summed E-state index contributed by atoms with van der Waals surface area (Å²) in [5, 5.41) is 7.14. The van der Waals surface area contributed by atoms with Crippen LogP contribution in [0.15, 0.2) is 36.8 Å². The molecule has 0 aliphatic heterocycles. The van der Waals surface area contributed by atoms with Crippen LogP contribution in [0.5, 0.6) is 0 Å². The van der Waals surface area contributed by atoms with Crippen molar-refractivity contribution in [3.8, 4) is 5.82 Å². The van der Waals surface area contributed by atoms with Crippen molar-refractivity contribution in [1.29, 1.82) is 0 Å². The minimum Gasteiger partial charge on any atom is -0.351 e. The van der Waals surface area contributed by atoms with Crippen LogP contribution in [0.3, 0.4) is 0 Å². The van der Waals surface area contributed by atoms with Gasteiger partial charge < -0.3 is 11.1 Å². The van der Waals surface area contributed by atoms with Crippen LogP contribution >= 0.6 is 24.8 Å². The minimum absolute atomic E-state index is 0. The Morgan fingerprint density at radius 1 is 1.29 bits per heavy atom. The van der Waals surface area contributed by atoms with Crippen molar-refractivity contribution >= 4 is 30.7 Å². The van der Waals surface area contributed by atoms with E-state index in [2.05, 4.69) is 15.4 Å². The number of carbonyl (C=O) groups excluding carboxylic acids is 1. The first-order valence-electron chi connectivity index (χ1n) is 7.58. The molecule has 2 aromatic rings. The molecule has 0 spiro atoms. The Bertz CT molecular complexity index is 606. The molecule has 0 radical (unpaired) electrons. The standard InChI is InChI=1S/C16H23N5O.2ClH/c1-3-16(4-2,12-17)15(22)19-11-13-6-8-18-14(10-13)21-9-5-7-20-21;;/h5-10H,3-4,11-12,17H2,1-2H3,(H,19,22);2*1H. The number of carbonyl (C=O) groups is 1. The van der Waals surface area contributed by atoms with E-state index in [0.29, 0.717) is 13.1 Å². The maximum Gasteiger partial charge on any atom is 0.227 e. The molecule has 0 unspecified atom stereocenters. The summed E-state index contributed by atoms with van der Waals surface area (Å²) in [6.45, 7) is 4.81. The Morgan fingerprint density at radius 3 is 2.54 bits per heavy atom. The third-order valence-corrected chi connectivity index (χ3v) is 4.23. The molecule has 0 bridgehead atoms. The van der Waals surface area contributed by atoms with Gasteiger partial charge in [0, 0.05) is 31.7 Å². The van der Waals surface area contributed by atoms with E-state index < -0.39 is 5.41 Å². The molecule has 0 aliphatic rings. The second kappa shape index (κ2) is 10.3. The molecule has 24 heavy (non-hydrogen) atoms. The molecule has 0 atom stereocenters. The summed E-state index contributed by atoms with van der Waals surface area (Å²) in [5.41, 5.74) is 6.31. The molecule has 6 nitrogen and oxygen atoms in total. The van der Waals surface area contributed by atoms with Crippen molar-refractivity contribution in [1.82, 2.24) is 20.1 Å². The monoisotopic (exact) mass is 373 g/mol. The van der Waals surface area contributed by atoms with E-state index in [-0.39, 0.29) is 30.7 Å². The van der Waals surface area contributed by atoms with Crippen molar-refractivity contribution in [2.24, 2.45) is 11.1 Å². The van der Waals surface area contributed by atoms with Gasteiger partial charge in [-0.15, -0.1) is 24.8 Å². The topological polar surface area (TPSA) is 85.8 Å². The summed E-state index contributed by atoms with van der Waals surface area (Å²) >= 11 is 0. The fourth-order valence-electron chi connectivity index (χ4n) is 2.42. The van der Waals surface area contributed by atoms with E-state index in [0.717, 1.165) is 24.2 Å². The largest absolute Gasteiger partial charge is 0.351 e. The van der Waals surface area contributed by atoms with Crippen LogP contribution in [0.2, 0.25) is 0 Å². The average molecular weight is 374 g/mol. The number of rotatable bonds is 7. The number of hydrogen-bond acceptors (Lipinski definition) is 4. The predicted molar refractivity (Wildman–Crippen MR) is 99.8 cm³/mol. The third-order valence-electron chi connectivity index (χ3n) is 4.23. The zero-order chi connectivity index (χ0) is 16.0. The Kier molecular flexibility index (Phi) is 9.58. The number of nitrogens with zero attached hydrogens (tertiary/aromatic N) is 3. The lowest BCUT2D eigenvalue weighted by atomic mass is 9.81. The first-order chi connectivity index (χ1) is 10.6. The van der Waals surface area contributed by atoms with Gasteiger partial charge in [-0.25, -0.2) is 9.67 Å². The summed E-state index contributed by atoms with van der Waals surface area (Å²) < 4.78 is 1.69. The Labute approximate surface area is 155 Å². The molecule has 3 N–H and O–H groups in total. The molecule has 8 heteroatoms. The molecule has 2 heterocycles. The summed E-state index contributed by atoms with van der Waals surface area (Å²) in [6, 6.07) is 5.64. The molecule has 0 saturated heterocycles. The molecule has 2 rings (SSSR count). The lowest BCUT2D eigenvalue weighted by Gasteiger charge is -2.28. The van der Waals surface area contributed by atoms with Gasteiger partial charge >= 0.3 is 0 Å². The first kappa shape index (κ1) is 22.4. The van der Waals surface area contributed by atoms with Gasteiger partial charge in [0.05, 0.1) is 5.41 Å². The SMILES string of the molecule is CCC(CC)(CN)C(=O)NCc1ccnc(-n2cccn2)c1.Cl.Cl. The van der Waals surface area contributed by atoms with Gasteiger partial charge in [0.2, 0.25) is 5.91 Å². The van der Waals surface area contributed by atoms with Crippen molar-refractivity contribution in [3.05, 3.63) is 42.4 Å². The van der Waals surface area contributed by atoms with Crippen molar-refractivity contribution < 1.29 is 4.79 Å². The quantitative estimate of drug-likeness (QED) is 0.780. The Balaban J connectivity index is 0.00000264. The molecule has 0 aliphatic carbocycles. The van der Waals surface area contributed by atoms with E-state index in [1.165, 1.54) is 0 Å². The van der Waals surface area contributed by atoms with Gasteiger partial charge in [0.1, 0.15) is 0 Å². The highest BCUT2D eigenvalue weighted by atomic mass is 35.5. The fraction of sp³-hybridized carbons (Fsp3) is 0.438. The number of nitrogens with two attached hydrogens (primary N) is 1. The van der Waals surface area contributed by atoms with Crippen LogP contribution in [0, 0.1) is 5.41 Å².